The van der Waals surface area contributed by atoms with Crippen LogP contribution >= 0.6 is 11.8 Å². The summed E-state index contributed by atoms with van der Waals surface area (Å²) in [4.78, 5) is 66.5. The van der Waals surface area contributed by atoms with E-state index < -0.39 is 41.0 Å². The van der Waals surface area contributed by atoms with Gasteiger partial charge in [-0.15, -0.1) is 0 Å². The first-order valence-electron chi connectivity index (χ1n) is 16.0. The van der Waals surface area contributed by atoms with E-state index in [9.17, 15) is 24.0 Å². The lowest BCUT2D eigenvalue weighted by Crippen LogP contribution is -2.44. The first kappa shape index (κ1) is 31.8. The monoisotopic (exact) mass is 666 g/mol. The second-order valence-corrected chi connectivity index (χ2v) is 13.3. The third kappa shape index (κ3) is 5.71. The third-order valence-electron chi connectivity index (χ3n) is 9.59. The average molecular weight is 667 g/mol. The number of likely N-dealkylation sites (tertiary alicyclic amines) is 1. The van der Waals surface area contributed by atoms with Crippen molar-refractivity contribution in [2.75, 3.05) is 19.0 Å². The fourth-order valence-electron chi connectivity index (χ4n) is 7.26. The molecule has 3 aromatic carbocycles. The maximum absolute atomic E-state index is 13.5. The standard InChI is InChI=1S/C37H34N2O8S/c1-2-29(40)28(38-35(43)45-19-27-25-14-8-6-12-23(25)24-13-7-9-15-26(24)27)20-48-36(44)46-21-37-17-16-30(47-37)31-32(37)34(42)39(33(31)41)18-22-10-4-3-5-11-22/h3-17,27-28,30-32H,2,18-21H2,1H3,(H,38,43). The zero-order chi connectivity index (χ0) is 33.4. The van der Waals surface area contributed by atoms with Crippen molar-refractivity contribution in [2.24, 2.45) is 11.8 Å². The van der Waals surface area contributed by atoms with Crippen LogP contribution in [-0.2, 0) is 35.1 Å². The molecule has 0 saturated carbocycles. The zero-order valence-electron chi connectivity index (χ0n) is 26.2. The van der Waals surface area contributed by atoms with Crippen molar-refractivity contribution < 1.29 is 38.2 Å². The number of alkyl carbamates (subject to hydrolysis) is 1. The minimum Gasteiger partial charge on any atom is -0.454 e. The summed E-state index contributed by atoms with van der Waals surface area (Å²) in [6.07, 6.45) is 2.26. The Morgan fingerprint density at radius 3 is 2.27 bits per heavy atom. The van der Waals surface area contributed by atoms with Gasteiger partial charge >= 0.3 is 11.4 Å². The minimum atomic E-state index is -1.25. The summed E-state index contributed by atoms with van der Waals surface area (Å²) in [5.41, 5.74) is 3.93. The smallest absolute Gasteiger partial charge is 0.407 e. The van der Waals surface area contributed by atoms with Gasteiger partial charge < -0.3 is 19.5 Å². The number of carbonyl (C=O) groups excluding carboxylic acids is 5. The summed E-state index contributed by atoms with van der Waals surface area (Å²) in [5.74, 6) is -2.61. The molecule has 3 heterocycles. The molecule has 3 aromatic rings. The van der Waals surface area contributed by atoms with Crippen molar-refractivity contribution in [1.82, 2.24) is 10.2 Å². The Hall–Kier alpha value is -4.74. The molecule has 0 radical (unpaired) electrons. The number of benzene rings is 3. The Bertz CT molecular complexity index is 1770. The quantitative estimate of drug-likeness (QED) is 0.166. The summed E-state index contributed by atoms with van der Waals surface area (Å²) in [5, 5.41) is 1.92. The molecule has 11 heteroatoms. The van der Waals surface area contributed by atoms with E-state index in [1.54, 1.807) is 19.1 Å². The summed E-state index contributed by atoms with van der Waals surface area (Å²) >= 11 is 0.736. The number of nitrogens with zero attached hydrogens (tertiary/aromatic N) is 1. The Kier molecular flexibility index (Phi) is 8.65. The van der Waals surface area contributed by atoms with E-state index in [0.29, 0.717) is 0 Å². The van der Waals surface area contributed by atoms with Gasteiger partial charge in [-0.25, -0.2) is 9.59 Å². The van der Waals surface area contributed by atoms with Gasteiger partial charge in [-0.3, -0.25) is 19.3 Å². The zero-order valence-corrected chi connectivity index (χ0v) is 27.0. The van der Waals surface area contributed by atoms with Crippen molar-refractivity contribution in [3.05, 3.63) is 108 Å². The fraction of sp³-hybridized carbons (Fsp3) is 0.324. The van der Waals surface area contributed by atoms with Crippen LogP contribution in [0.2, 0.25) is 0 Å². The number of nitrogens with one attached hydrogen (secondary N) is 1. The molecule has 3 amide bonds. The molecule has 10 nitrogen and oxygen atoms in total. The van der Waals surface area contributed by atoms with E-state index in [4.69, 9.17) is 14.2 Å². The number of Topliss-reactive ketones (excluding diaryl/α,β-unsaturated/α-hetero) is 1. The van der Waals surface area contributed by atoms with Crippen LogP contribution in [0.4, 0.5) is 9.59 Å². The van der Waals surface area contributed by atoms with E-state index >= 15 is 0 Å². The van der Waals surface area contributed by atoms with Crippen molar-refractivity contribution in [1.29, 1.82) is 0 Å². The molecule has 1 aliphatic carbocycles. The van der Waals surface area contributed by atoms with Crippen LogP contribution in [-0.4, -0.2) is 70.6 Å². The number of hydrogen-bond donors (Lipinski definition) is 1. The van der Waals surface area contributed by atoms with Gasteiger partial charge in [0.2, 0.25) is 11.8 Å². The summed E-state index contributed by atoms with van der Waals surface area (Å²) in [6, 6.07) is 24.3. The van der Waals surface area contributed by atoms with E-state index in [-0.39, 0.29) is 55.4 Å². The first-order chi connectivity index (χ1) is 23.3. The molecule has 7 rings (SSSR count). The summed E-state index contributed by atoms with van der Waals surface area (Å²) < 4.78 is 17.2. The highest BCUT2D eigenvalue weighted by atomic mass is 32.2. The molecule has 5 unspecified atom stereocenters. The summed E-state index contributed by atoms with van der Waals surface area (Å²) in [7, 11) is 0. The lowest BCUT2D eigenvalue weighted by molar-refractivity contribution is -0.146. The Morgan fingerprint density at radius 1 is 0.917 bits per heavy atom. The second-order valence-electron chi connectivity index (χ2n) is 12.3. The largest absolute Gasteiger partial charge is 0.454 e. The summed E-state index contributed by atoms with van der Waals surface area (Å²) in [6.45, 7) is 1.66. The van der Waals surface area contributed by atoms with Crippen LogP contribution in [0, 0.1) is 11.8 Å². The van der Waals surface area contributed by atoms with Gasteiger partial charge in [0.15, 0.2) is 5.78 Å². The molecule has 1 N–H and O–H groups in total. The van der Waals surface area contributed by atoms with Crippen molar-refractivity contribution in [3.8, 4) is 11.1 Å². The number of carbonyl (C=O) groups is 5. The maximum atomic E-state index is 13.5. The first-order valence-corrected chi connectivity index (χ1v) is 17.0. The molecule has 4 aliphatic rings. The predicted octanol–water partition coefficient (Wildman–Crippen LogP) is 5.25. The number of hydrogen-bond acceptors (Lipinski definition) is 9. The van der Waals surface area contributed by atoms with Crippen molar-refractivity contribution >= 4 is 40.8 Å². The van der Waals surface area contributed by atoms with Gasteiger partial charge in [-0.2, -0.15) is 0 Å². The highest BCUT2D eigenvalue weighted by Gasteiger charge is 2.68. The number of thioether (sulfide) groups is 1. The molecule has 246 valence electrons. The lowest BCUT2D eigenvalue weighted by Gasteiger charge is -2.28. The van der Waals surface area contributed by atoms with Gasteiger partial charge in [0.05, 0.1) is 24.5 Å². The van der Waals surface area contributed by atoms with Crippen LogP contribution in [0.25, 0.3) is 11.1 Å². The lowest BCUT2D eigenvalue weighted by atomic mass is 9.77. The van der Waals surface area contributed by atoms with Gasteiger partial charge in [0.25, 0.3) is 0 Å². The van der Waals surface area contributed by atoms with Crippen LogP contribution in [0.15, 0.2) is 91.0 Å². The van der Waals surface area contributed by atoms with Crippen LogP contribution in [0.1, 0.15) is 36.0 Å². The molecule has 2 fully saturated rings. The van der Waals surface area contributed by atoms with E-state index in [0.717, 1.165) is 39.6 Å². The highest BCUT2D eigenvalue weighted by molar-refractivity contribution is 8.13. The van der Waals surface area contributed by atoms with Crippen LogP contribution in [0.3, 0.4) is 0 Å². The fourth-order valence-corrected chi connectivity index (χ4v) is 7.97. The molecule has 0 aromatic heterocycles. The number of fused-ring (bicyclic) bond motifs is 8. The van der Waals surface area contributed by atoms with Crippen molar-refractivity contribution in [2.45, 2.75) is 43.6 Å². The predicted molar refractivity (Wildman–Crippen MR) is 177 cm³/mol. The van der Waals surface area contributed by atoms with Crippen LogP contribution in [0.5, 0.6) is 0 Å². The molecular weight excluding hydrogens is 632 g/mol. The van der Waals surface area contributed by atoms with Gasteiger partial charge in [-0.05, 0) is 45.7 Å². The van der Waals surface area contributed by atoms with E-state index in [1.165, 1.54) is 4.90 Å². The number of ether oxygens (including phenoxy) is 3. The number of imide groups is 1. The molecule has 3 aliphatic heterocycles. The molecule has 2 bridgehead atoms. The van der Waals surface area contributed by atoms with Gasteiger partial charge in [0.1, 0.15) is 24.9 Å². The average Bonchev–Trinajstić information content (AvgIpc) is 3.84. The molecular formula is C37H34N2O8S. The molecule has 5 atom stereocenters. The highest BCUT2D eigenvalue weighted by Crippen LogP contribution is 2.52. The van der Waals surface area contributed by atoms with Crippen molar-refractivity contribution in [3.63, 3.8) is 0 Å². The normalized spacial score (nSPS) is 23.9. The topological polar surface area (TPSA) is 128 Å². The SMILES string of the molecule is CCC(=O)C(CSC(=O)OCC12C=CC(O1)C1C(=O)N(Cc3ccccc3)C(=O)C12)NC(=O)OCC1c2ccccc2-c2ccccc21. The van der Waals surface area contributed by atoms with E-state index in [2.05, 4.69) is 5.32 Å². The number of amides is 3. The Morgan fingerprint density at radius 2 is 1.58 bits per heavy atom. The number of ketones is 1. The third-order valence-corrected chi connectivity index (χ3v) is 10.4. The second kappa shape index (κ2) is 13.0. The van der Waals surface area contributed by atoms with Gasteiger partial charge in [0, 0.05) is 18.1 Å². The Labute approximate surface area is 281 Å². The molecule has 2 saturated heterocycles. The van der Waals surface area contributed by atoms with Gasteiger partial charge in [-0.1, -0.05) is 91.9 Å². The molecule has 48 heavy (non-hydrogen) atoms. The molecule has 0 spiro atoms. The van der Waals surface area contributed by atoms with E-state index in [1.807, 2.05) is 78.9 Å². The minimum absolute atomic E-state index is 0.0731. The number of rotatable bonds is 11. The maximum Gasteiger partial charge on any atom is 0.407 e. The van der Waals surface area contributed by atoms with Crippen LogP contribution < -0.4 is 5.32 Å². The Balaban J connectivity index is 0.935.